The molecule has 0 unspecified atom stereocenters. The van der Waals surface area contributed by atoms with Gasteiger partial charge in [-0.15, -0.1) is 0 Å². The highest BCUT2D eigenvalue weighted by Gasteiger charge is 2.16. The van der Waals surface area contributed by atoms with Gasteiger partial charge in [0.1, 0.15) is 0 Å². The first-order valence-electron chi connectivity index (χ1n) is 24.3. The first kappa shape index (κ1) is 43.1. The minimum absolute atomic E-state index is 0.748. The summed E-state index contributed by atoms with van der Waals surface area (Å²) in [7, 11) is 0. The van der Waals surface area contributed by atoms with Crippen molar-refractivity contribution in [3.63, 3.8) is 0 Å². The first-order chi connectivity index (χ1) is 35.1. The van der Waals surface area contributed by atoms with Crippen molar-refractivity contribution in [2.45, 2.75) is 6.42 Å². The van der Waals surface area contributed by atoms with Gasteiger partial charge in [-0.3, -0.25) is 0 Å². The van der Waals surface area contributed by atoms with Crippen molar-refractivity contribution in [3.05, 3.63) is 285 Å². The van der Waals surface area contributed by atoms with Crippen molar-refractivity contribution in [2.75, 3.05) is 0 Å². The molecular weight excluding hydrogens is 857 g/mol. The lowest BCUT2D eigenvalue weighted by atomic mass is 9.91. The van der Waals surface area contributed by atoms with Crippen LogP contribution < -0.4 is 0 Å². The van der Waals surface area contributed by atoms with Crippen LogP contribution in [0.15, 0.2) is 279 Å². The third-order valence-electron chi connectivity index (χ3n) is 13.5. The molecule has 2 nitrogen and oxygen atoms in total. The molecule has 2 heteroatoms. The standard InChI is InChI=1S/C69H48N2/c1-5-17-48(18-6-1)52-31-35-54(36-32-52)63-41-61(50-21-9-3-10-22-50)43-65(45-63)57-27-15-29-59(39-57)67-47-68(71-69(70-67)56-25-13-14-26-56)60-30-16-28-58(40-60)66-44-62(51-23-11-4-12-24-51)42-64(46-66)55-37-33-53(34-38-55)49-19-7-2-8-20-49/h1-25,27-47H,26H2. The van der Waals surface area contributed by atoms with Crippen LogP contribution >= 0.6 is 0 Å². The van der Waals surface area contributed by atoms with Gasteiger partial charge >= 0.3 is 0 Å². The molecule has 0 aliphatic heterocycles. The Labute approximate surface area is 416 Å². The molecule has 0 fully saturated rings. The number of nitrogens with zero attached hydrogens (tertiary/aromatic N) is 2. The Hall–Kier alpha value is -9.24. The van der Waals surface area contributed by atoms with Crippen molar-refractivity contribution in [1.29, 1.82) is 0 Å². The molecule has 0 saturated carbocycles. The van der Waals surface area contributed by atoms with Crippen LogP contribution in [0.25, 0.3) is 117 Å². The number of hydrogen-bond acceptors (Lipinski definition) is 2. The van der Waals surface area contributed by atoms with E-state index in [0.717, 1.165) is 62.6 Å². The van der Waals surface area contributed by atoms with Gasteiger partial charge in [-0.2, -0.15) is 0 Å². The second kappa shape index (κ2) is 19.4. The molecule has 1 aliphatic rings. The van der Waals surface area contributed by atoms with Gasteiger partial charge in [0.05, 0.1) is 11.4 Å². The van der Waals surface area contributed by atoms with E-state index in [9.17, 15) is 0 Å². The summed E-state index contributed by atoms with van der Waals surface area (Å²) >= 11 is 0. The molecule has 0 amide bonds. The maximum Gasteiger partial charge on any atom is 0.156 e. The van der Waals surface area contributed by atoms with Crippen molar-refractivity contribution < 1.29 is 0 Å². The van der Waals surface area contributed by atoms with Crippen LogP contribution in [-0.4, -0.2) is 9.97 Å². The highest BCUT2D eigenvalue weighted by Crippen LogP contribution is 2.39. The maximum atomic E-state index is 5.29. The van der Waals surface area contributed by atoms with E-state index in [1.165, 1.54) is 66.8 Å². The maximum absolute atomic E-state index is 5.29. The van der Waals surface area contributed by atoms with Crippen molar-refractivity contribution in [2.24, 2.45) is 0 Å². The second-order valence-corrected chi connectivity index (χ2v) is 18.2. The molecular formula is C69H48N2. The molecule has 334 valence electrons. The van der Waals surface area contributed by atoms with E-state index in [1.807, 2.05) is 0 Å². The van der Waals surface area contributed by atoms with E-state index < -0.39 is 0 Å². The van der Waals surface area contributed by atoms with E-state index in [1.54, 1.807) is 0 Å². The van der Waals surface area contributed by atoms with E-state index in [4.69, 9.17) is 9.97 Å². The Balaban J connectivity index is 0.926. The molecule has 0 N–H and O–H groups in total. The average Bonchev–Trinajstić information content (AvgIpc) is 4.02. The fraction of sp³-hybridized carbons (Fsp3) is 0.0145. The van der Waals surface area contributed by atoms with E-state index in [0.29, 0.717) is 0 Å². The molecule has 0 saturated heterocycles. The lowest BCUT2D eigenvalue weighted by molar-refractivity contribution is 1.11. The largest absolute Gasteiger partial charge is 0.228 e. The first-order valence-corrected chi connectivity index (χ1v) is 24.3. The van der Waals surface area contributed by atoms with Crippen LogP contribution in [0.2, 0.25) is 0 Å². The lowest BCUT2D eigenvalue weighted by Crippen LogP contribution is -1.99. The van der Waals surface area contributed by atoms with Crippen LogP contribution in [0.3, 0.4) is 0 Å². The molecule has 0 atom stereocenters. The van der Waals surface area contributed by atoms with Gasteiger partial charge in [0.15, 0.2) is 5.82 Å². The van der Waals surface area contributed by atoms with Gasteiger partial charge < -0.3 is 0 Å². The molecule has 71 heavy (non-hydrogen) atoms. The van der Waals surface area contributed by atoms with E-state index in [2.05, 4.69) is 279 Å². The summed E-state index contributed by atoms with van der Waals surface area (Å²) in [4.78, 5) is 10.6. The zero-order chi connectivity index (χ0) is 47.3. The normalized spacial score (nSPS) is 11.9. The fourth-order valence-electron chi connectivity index (χ4n) is 9.70. The highest BCUT2D eigenvalue weighted by molar-refractivity contribution is 5.86. The highest BCUT2D eigenvalue weighted by atomic mass is 14.9. The van der Waals surface area contributed by atoms with Crippen molar-refractivity contribution in [3.8, 4) is 112 Å². The number of rotatable bonds is 11. The van der Waals surface area contributed by atoms with Gasteiger partial charge in [-0.05, 0) is 150 Å². The number of benzene rings is 10. The molecule has 11 aromatic rings. The minimum Gasteiger partial charge on any atom is -0.228 e. The number of allylic oxidation sites excluding steroid dienone is 4. The van der Waals surface area contributed by atoms with Gasteiger partial charge in [0.25, 0.3) is 0 Å². The fourth-order valence-corrected chi connectivity index (χ4v) is 9.70. The third kappa shape index (κ3) is 9.35. The molecule has 1 aliphatic carbocycles. The summed E-state index contributed by atoms with van der Waals surface area (Å²) in [5, 5.41) is 0. The van der Waals surface area contributed by atoms with Crippen LogP contribution in [0.5, 0.6) is 0 Å². The molecule has 12 rings (SSSR count). The Kier molecular flexibility index (Phi) is 11.8. The number of hydrogen-bond donors (Lipinski definition) is 0. The van der Waals surface area contributed by atoms with Crippen LogP contribution in [0, 0.1) is 0 Å². The van der Waals surface area contributed by atoms with Gasteiger partial charge in [-0.1, -0.05) is 224 Å². The zero-order valence-corrected chi connectivity index (χ0v) is 39.2. The molecule has 1 aromatic heterocycles. The molecule has 10 aromatic carbocycles. The quantitative estimate of drug-likeness (QED) is 0.129. The summed E-state index contributed by atoms with van der Waals surface area (Å²) < 4.78 is 0. The summed E-state index contributed by atoms with van der Waals surface area (Å²) in [6.07, 6.45) is 7.21. The average molecular weight is 905 g/mol. The van der Waals surface area contributed by atoms with Crippen LogP contribution in [-0.2, 0) is 0 Å². The lowest BCUT2D eigenvalue weighted by Gasteiger charge is -2.14. The monoisotopic (exact) mass is 904 g/mol. The van der Waals surface area contributed by atoms with Crippen molar-refractivity contribution >= 4 is 5.57 Å². The summed E-state index contributed by atoms with van der Waals surface area (Å²) in [6, 6.07) is 94.0. The molecule has 1 heterocycles. The minimum atomic E-state index is 0.748. The van der Waals surface area contributed by atoms with Crippen LogP contribution in [0.1, 0.15) is 12.2 Å². The smallest absolute Gasteiger partial charge is 0.156 e. The Bertz CT molecular complexity index is 3490. The van der Waals surface area contributed by atoms with Gasteiger partial charge in [0.2, 0.25) is 0 Å². The summed E-state index contributed by atoms with van der Waals surface area (Å²) in [5.74, 6) is 0.748. The predicted octanol–water partition coefficient (Wildman–Crippen LogP) is 18.5. The topological polar surface area (TPSA) is 25.8 Å². The summed E-state index contributed by atoms with van der Waals surface area (Å²) in [5.41, 5.74) is 23.7. The van der Waals surface area contributed by atoms with Crippen molar-refractivity contribution in [1.82, 2.24) is 9.97 Å². The molecule has 0 radical (unpaired) electrons. The zero-order valence-electron chi connectivity index (χ0n) is 39.2. The Morgan fingerprint density at radius 1 is 0.225 bits per heavy atom. The van der Waals surface area contributed by atoms with Gasteiger partial charge in [0, 0.05) is 16.7 Å². The Morgan fingerprint density at radius 2 is 0.493 bits per heavy atom. The van der Waals surface area contributed by atoms with E-state index >= 15 is 0 Å². The number of aromatic nitrogens is 2. The van der Waals surface area contributed by atoms with Crippen LogP contribution in [0.4, 0.5) is 0 Å². The Morgan fingerprint density at radius 3 is 0.831 bits per heavy atom. The SMILES string of the molecule is C1=CCC(c2nc(-c3cccc(-c4cc(-c5ccccc5)cc(-c5ccc(-c6ccccc6)cc5)c4)c3)cc(-c3cccc(-c4cc(-c5ccccc5)cc(-c5ccc(-c6ccccc6)cc5)c4)c3)n2)=C1. The van der Waals surface area contributed by atoms with E-state index in [-0.39, 0.29) is 0 Å². The molecule has 0 bridgehead atoms. The predicted molar refractivity (Wildman–Crippen MR) is 298 cm³/mol. The van der Waals surface area contributed by atoms with Gasteiger partial charge in [-0.25, -0.2) is 9.97 Å². The second-order valence-electron chi connectivity index (χ2n) is 18.2. The summed E-state index contributed by atoms with van der Waals surface area (Å²) in [6.45, 7) is 0. The third-order valence-corrected chi connectivity index (χ3v) is 13.5. The molecule has 0 spiro atoms.